The summed E-state index contributed by atoms with van der Waals surface area (Å²) in [4.78, 5) is 29.6. The number of anilines is 2. The lowest BCUT2D eigenvalue weighted by atomic mass is 10.1. The Bertz CT molecular complexity index is 911. The summed E-state index contributed by atoms with van der Waals surface area (Å²) in [7, 11) is 1.57. The lowest BCUT2D eigenvalue weighted by Gasteiger charge is -2.38. The summed E-state index contributed by atoms with van der Waals surface area (Å²) in [5, 5.41) is 2.91. The lowest BCUT2D eigenvalue weighted by molar-refractivity contribution is -0.139. The maximum Gasteiger partial charge on any atom is 0.265 e. The van der Waals surface area contributed by atoms with Crippen LogP contribution in [0.25, 0.3) is 0 Å². The monoisotopic (exact) mass is 409 g/mol. The molecule has 0 bridgehead atoms. The number of carbonyl (C=O) groups is 2. The maximum atomic E-state index is 13.0. The Hall–Kier alpha value is -3.22. The van der Waals surface area contributed by atoms with E-state index in [-0.39, 0.29) is 18.4 Å². The highest BCUT2D eigenvalue weighted by molar-refractivity contribution is 5.96. The standard InChI is InChI=1S/C23H27N3O4/c1-29-19-11-5-3-9-17(19)24-22(27)16-26-15-21(23(28)25-13-7-2-8-14-25)30-20-12-6-4-10-18(20)26/h3-6,9-12,21H,2,7-8,13-16H2,1H3,(H,24,27)/t21-/m1/s1. The minimum atomic E-state index is -0.614. The van der Waals surface area contributed by atoms with Crippen LogP contribution in [-0.2, 0) is 9.59 Å². The summed E-state index contributed by atoms with van der Waals surface area (Å²) in [5.74, 6) is 1.05. The molecule has 2 amide bonds. The van der Waals surface area contributed by atoms with Gasteiger partial charge in [0.1, 0.15) is 11.5 Å². The van der Waals surface area contributed by atoms with E-state index in [4.69, 9.17) is 9.47 Å². The van der Waals surface area contributed by atoms with Crippen LogP contribution in [0.1, 0.15) is 19.3 Å². The van der Waals surface area contributed by atoms with E-state index >= 15 is 0 Å². The predicted molar refractivity (Wildman–Crippen MR) is 115 cm³/mol. The van der Waals surface area contributed by atoms with Gasteiger partial charge in [0.25, 0.3) is 5.91 Å². The van der Waals surface area contributed by atoms with Crippen molar-refractivity contribution in [1.82, 2.24) is 4.90 Å². The smallest absolute Gasteiger partial charge is 0.265 e. The summed E-state index contributed by atoms with van der Waals surface area (Å²) < 4.78 is 11.3. The Morgan fingerprint density at radius 1 is 1.07 bits per heavy atom. The van der Waals surface area contributed by atoms with E-state index in [0.29, 0.717) is 23.7 Å². The Labute approximate surface area is 176 Å². The van der Waals surface area contributed by atoms with Gasteiger partial charge in [-0.05, 0) is 43.5 Å². The van der Waals surface area contributed by atoms with Gasteiger partial charge in [0.15, 0.2) is 6.10 Å². The largest absolute Gasteiger partial charge is 0.495 e. The molecule has 0 radical (unpaired) electrons. The molecule has 2 heterocycles. The molecule has 1 atom stereocenters. The van der Waals surface area contributed by atoms with E-state index in [1.165, 1.54) is 0 Å². The number of nitrogens with one attached hydrogen (secondary N) is 1. The summed E-state index contributed by atoms with van der Waals surface area (Å²) in [6, 6.07) is 14.8. The fourth-order valence-electron chi connectivity index (χ4n) is 4.01. The first-order valence-corrected chi connectivity index (χ1v) is 10.4. The molecule has 0 spiro atoms. The van der Waals surface area contributed by atoms with Crippen molar-refractivity contribution < 1.29 is 19.1 Å². The second-order valence-corrected chi connectivity index (χ2v) is 7.59. The highest BCUT2D eigenvalue weighted by Crippen LogP contribution is 2.33. The number of nitrogens with zero attached hydrogens (tertiary/aromatic N) is 2. The summed E-state index contributed by atoms with van der Waals surface area (Å²) in [5.41, 5.74) is 1.43. The molecule has 1 saturated heterocycles. The normalized spacial score (nSPS) is 18.2. The van der Waals surface area contributed by atoms with Crippen LogP contribution in [0.2, 0.25) is 0 Å². The van der Waals surface area contributed by atoms with Gasteiger partial charge in [-0.15, -0.1) is 0 Å². The molecule has 30 heavy (non-hydrogen) atoms. The number of hydrogen-bond acceptors (Lipinski definition) is 5. The fraction of sp³-hybridized carbons (Fsp3) is 0.391. The third-order valence-corrected chi connectivity index (χ3v) is 5.52. The first kappa shape index (κ1) is 20.1. The second-order valence-electron chi connectivity index (χ2n) is 7.59. The van der Waals surface area contributed by atoms with E-state index in [9.17, 15) is 9.59 Å². The zero-order chi connectivity index (χ0) is 20.9. The molecule has 0 aromatic heterocycles. The molecule has 0 saturated carbocycles. The van der Waals surface area contributed by atoms with E-state index in [0.717, 1.165) is 38.0 Å². The molecule has 2 aliphatic heterocycles. The number of amides is 2. The summed E-state index contributed by atoms with van der Waals surface area (Å²) in [6.45, 7) is 2.00. The van der Waals surface area contributed by atoms with Crippen molar-refractivity contribution in [2.45, 2.75) is 25.4 Å². The van der Waals surface area contributed by atoms with Gasteiger partial charge in [-0.3, -0.25) is 9.59 Å². The third kappa shape index (κ3) is 4.35. The summed E-state index contributed by atoms with van der Waals surface area (Å²) >= 11 is 0. The molecule has 2 aliphatic rings. The fourth-order valence-corrected chi connectivity index (χ4v) is 4.01. The van der Waals surface area contributed by atoms with Crippen molar-refractivity contribution in [3.05, 3.63) is 48.5 Å². The maximum absolute atomic E-state index is 13.0. The van der Waals surface area contributed by atoms with E-state index < -0.39 is 6.10 Å². The molecule has 2 aromatic rings. The molecule has 4 rings (SSSR count). The predicted octanol–water partition coefficient (Wildman–Crippen LogP) is 2.91. The average Bonchev–Trinajstić information content (AvgIpc) is 2.79. The number of carbonyl (C=O) groups excluding carboxylic acids is 2. The van der Waals surface area contributed by atoms with Crippen molar-refractivity contribution >= 4 is 23.2 Å². The molecule has 7 nitrogen and oxygen atoms in total. The van der Waals surface area contributed by atoms with Gasteiger partial charge in [0, 0.05) is 13.1 Å². The molecule has 158 valence electrons. The minimum Gasteiger partial charge on any atom is -0.495 e. The Balaban J connectivity index is 1.49. The van der Waals surface area contributed by atoms with Gasteiger partial charge in [0.05, 0.1) is 31.6 Å². The first-order valence-electron chi connectivity index (χ1n) is 10.4. The van der Waals surface area contributed by atoms with Gasteiger partial charge < -0.3 is 24.6 Å². The van der Waals surface area contributed by atoms with Crippen molar-refractivity contribution in [3.8, 4) is 11.5 Å². The van der Waals surface area contributed by atoms with Crippen LogP contribution >= 0.6 is 0 Å². The number of fused-ring (bicyclic) bond motifs is 1. The number of para-hydroxylation sites is 4. The number of ether oxygens (including phenoxy) is 2. The summed E-state index contributed by atoms with van der Waals surface area (Å²) in [6.07, 6.45) is 2.60. The molecule has 0 unspecified atom stereocenters. The number of methoxy groups -OCH3 is 1. The quantitative estimate of drug-likeness (QED) is 0.822. The number of likely N-dealkylation sites (tertiary alicyclic amines) is 1. The number of rotatable bonds is 5. The van der Waals surface area contributed by atoms with E-state index in [2.05, 4.69) is 5.32 Å². The molecule has 7 heteroatoms. The Kier molecular flexibility index (Phi) is 6.07. The van der Waals surface area contributed by atoms with Crippen LogP contribution in [0.15, 0.2) is 48.5 Å². The van der Waals surface area contributed by atoms with Crippen molar-refractivity contribution in [2.75, 3.05) is 43.5 Å². The molecule has 1 N–H and O–H groups in total. The number of benzene rings is 2. The highest BCUT2D eigenvalue weighted by atomic mass is 16.5. The van der Waals surface area contributed by atoms with Crippen LogP contribution in [0.4, 0.5) is 11.4 Å². The van der Waals surface area contributed by atoms with E-state index in [1.807, 2.05) is 46.2 Å². The number of hydrogen-bond donors (Lipinski definition) is 1. The molecule has 1 fully saturated rings. The SMILES string of the molecule is COc1ccccc1NC(=O)CN1C[C@H](C(=O)N2CCCCC2)Oc2ccccc21. The molecular weight excluding hydrogens is 382 g/mol. The van der Waals surface area contributed by atoms with Gasteiger partial charge >= 0.3 is 0 Å². The van der Waals surface area contributed by atoms with Gasteiger partial charge in [-0.2, -0.15) is 0 Å². The van der Waals surface area contributed by atoms with Crippen molar-refractivity contribution in [2.24, 2.45) is 0 Å². The zero-order valence-corrected chi connectivity index (χ0v) is 17.2. The van der Waals surface area contributed by atoms with Crippen molar-refractivity contribution in [3.63, 3.8) is 0 Å². The number of piperidine rings is 1. The lowest BCUT2D eigenvalue weighted by Crippen LogP contribution is -2.52. The molecule has 2 aromatic carbocycles. The van der Waals surface area contributed by atoms with Crippen LogP contribution in [0.5, 0.6) is 11.5 Å². The Morgan fingerprint density at radius 2 is 1.80 bits per heavy atom. The molecule has 0 aliphatic carbocycles. The Morgan fingerprint density at radius 3 is 2.60 bits per heavy atom. The molecular formula is C23H27N3O4. The average molecular weight is 409 g/mol. The first-order chi connectivity index (χ1) is 14.7. The van der Waals surface area contributed by atoms with Crippen molar-refractivity contribution in [1.29, 1.82) is 0 Å². The minimum absolute atomic E-state index is 0.000611. The van der Waals surface area contributed by atoms with E-state index in [1.54, 1.807) is 19.2 Å². The zero-order valence-electron chi connectivity index (χ0n) is 17.2. The third-order valence-electron chi connectivity index (χ3n) is 5.52. The second kappa shape index (κ2) is 9.07. The van der Waals surface area contributed by atoms with Crippen LogP contribution in [0.3, 0.4) is 0 Å². The topological polar surface area (TPSA) is 71.1 Å². The van der Waals surface area contributed by atoms with Crippen LogP contribution in [-0.4, -0.2) is 56.1 Å². The van der Waals surface area contributed by atoms with Gasteiger partial charge in [-0.1, -0.05) is 24.3 Å². The van der Waals surface area contributed by atoms with Gasteiger partial charge in [0.2, 0.25) is 5.91 Å². The highest BCUT2D eigenvalue weighted by Gasteiger charge is 2.34. The van der Waals surface area contributed by atoms with Gasteiger partial charge in [-0.25, -0.2) is 0 Å². The van der Waals surface area contributed by atoms with Crippen LogP contribution in [0, 0.1) is 0 Å². The van der Waals surface area contributed by atoms with Crippen LogP contribution < -0.4 is 19.7 Å².